The fourth-order valence-corrected chi connectivity index (χ4v) is 5.24. The van der Waals surface area contributed by atoms with Gasteiger partial charge in [-0.15, -0.1) is 0 Å². The van der Waals surface area contributed by atoms with Gasteiger partial charge in [0.25, 0.3) is 0 Å². The van der Waals surface area contributed by atoms with Crippen LogP contribution in [0.2, 0.25) is 0 Å². The zero-order valence-electron chi connectivity index (χ0n) is 15.6. The lowest BCUT2D eigenvalue weighted by atomic mass is 9.50. The molecule has 0 heterocycles. The van der Waals surface area contributed by atoms with Crippen LogP contribution < -0.4 is 0 Å². The number of hydrogen-bond donors (Lipinski definition) is 5. The Morgan fingerprint density at radius 3 is 2.62 bits per heavy atom. The number of aliphatic hydroxyl groups is 4. The third kappa shape index (κ3) is 3.74. The third-order valence-corrected chi connectivity index (χ3v) is 6.83. The average Bonchev–Trinajstić information content (AvgIpc) is 2.58. The maximum atomic E-state index is 11.4. The van der Waals surface area contributed by atoms with Crippen LogP contribution in [0.3, 0.4) is 0 Å². The van der Waals surface area contributed by atoms with Crippen LogP contribution in [-0.4, -0.2) is 56.9 Å². The predicted octanol–water partition coefficient (Wildman–Crippen LogP) is 1.34. The minimum absolute atomic E-state index is 0.0847. The second kappa shape index (κ2) is 8.21. The van der Waals surface area contributed by atoms with Crippen molar-refractivity contribution in [2.24, 2.45) is 29.1 Å². The summed E-state index contributed by atoms with van der Waals surface area (Å²) < 4.78 is 0. The summed E-state index contributed by atoms with van der Waals surface area (Å²) >= 11 is 0. The smallest absolute Gasteiger partial charge is 0.333 e. The van der Waals surface area contributed by atoms with Crippen LogP contribution >= 0.6 is 0 Å². The van der Waals surface area contributed by atoms with Crippen molar-refractivity contribution >= 4 is 5.97 Å². The molecule has 7 atom stereocenters. The van der Waals surface area contributed by atoms with E-state index in [-0.39, 0.29) is 42.3 Å². The van der Waals surface area contributed by atoms with Gasteiger partial charge in [0, 0.05) is 5.41 Å². The zero-order chi connectivity index (χ0) is 19.6. The summed E-state index contributed by atoms with van der Waals surface area (Å²) in [5, 5.41) is 49.3. The van der Waals surface area contributed by atoms with Crippen molar-refractivity contribution in [3.63, 3.8) is 0 Å². The molecular weight excluding hydrogens is 336 g/mol. The van der Waals surface area contributed by atoms with Crippen LogP contribution in [0.25, 0.3) is 0 Å². The largest absolute Gasteiger partial charge is 0.478 e. The molecule has 0 radical (unpaired) electrons. The molecule has 0 aromatic heterocycles. The molecule has 2 rings (SSSR count). The van der Waals surface area contributed by atoms with Crippen molar-refractivity contribution in [2.45, 2.75) is 51.7 Å². The van der Waals surface area contributed by atoms with Gasteiger partial charge >= 0.3 is 5.97 Å². The number of aliphatic carboxylic acids is 1. The highest BCUT2D eigenvalue weighted by molar-refractivity contribution is 5.87. The number of fused-ring (bicyclic) bond motifs is 1. The molecule has 6 nitrogen and oxygen atoms in total. The van der Waals surface area contributed by atoms with Gasteiger partial charge in [-0.1, -0.05) is 26.0 Å². The molecule has 6 unspecified atom stereocenters. The lowest BCUT2D eigenvalue weighted by molar-refractivity contribution is -0.138. The summed E-state index contributed by atoms with van der Waals surface area (Å²) in [5.41, 5.74) is 0.191. The Kier molecular flexibility index (Phi) is 6.66. The number of rotatable bonds is 6. The van der Waals surface area contributed by atoms with E-state index in [0.29, 0.717) is 6.42 Å². The highest BCUT2D eigenvalue weighted by Crippen LogP contribution is 2.56. The molecule has 148 valence electrons. The lowest BCUT2D eigenvalue weighted by Crippen LogP contribution is -2.55. The van der Waals surface area contributed by atoms with Gasteiger partial charge in [0.15, 0.2) is 0 Å². The monoisotopic (exact) mass is 368 g/mol. The first-order valence-corrected chi connectivity index (χ1v) is 9.36. The molecule has 2 fully saturated rings. The quantitative estimate of drug-likeness (QED) is 0.357. The summed E-state index contributed by atoms with van der Waals surface area (Å²) in [4.78, 5) is 11.4. The molecule has 5 N–H and O–H groups in total. The molecule has 0 saturated heterocycles. The van der Waals surface area contributed by atoms with E-state index in [0.717, 1.165) is 24.5 Å². The third-order valence-electron chi connectivity index (χ3n) is 6.83. The van der Waals surface area contributed by atoms with Crippen LogP contribution in [0.15, 0.2) is 23.8 Å². The first-order valence-electron chi connectivity index (χ1n) is 9.36. The molecule has 2 aliphatic carbocycles. The van der Waals surface area contributed by atoms with Gasteiger partial charge in [0.05, 0.1) is 31.0 Å². The summed E-state index contributed by atoms with van der Waals surface area (Å²) in [6.45, 7) is 7.60. The van der Waals surface area contributed by atoms with Gasteiger partial charge in [-0.25, -0.2) is 4.79 Å². The van der Waals surface area contributed by atoms with Gasteiger partial charge in [0.2, 0.25) is 0 Å². The standard InChI is InChI=1S/C20H32O6/c1-11-4-5-15-18(12(2)8-17(24)20(15,3)10-22)14(11)9-16(23)13(6-7-21)19(25)26/h6,12,14-18,21-24H,1,4-5,7-10H2,2-3H3,(H,25,26)/b13-6+/t12-,14?,15?,16?,17?,18?,20?/m0/s1. The maximum absolute atomic E-state index is 11.4. The Balaban J connectivity index is 2.31. The molecule has 0 aromatic carbocycles. The van der Waals surface area contributed by atoms with Crippen molar-refractivity contribution in [1.82, 2.24) is 0 Å². The number of hydrogen-bond acceptors (Lipinski definition) is 5. The normalized spacial score (nSPS) is 39.4. The Hall–Kier alpha value is -1.21. The van der Waals surface area contributed by atoms with Crippen molar-refractivity contribution in [2.75, 3.05) is 13.2 Å². The van der Waals surface area contributed by atoms with Gasteiger partial charge in [-0.05, 0) is 55.4 Å². The van der Waals surface area contributed by atoms with E-state index < -0.39 is 30.2 Å². The number of allylic oxidation sites excluding steroid dienone is 1. The highest BCUT2D eigenvalue weighted by Gasteiger charge is 2.54. The van der Waals surface area contributed by atoms with Gasteiger partial charge in [-0.2, -0.15) is 0 Å². The Morgan fingerprint density at radius 2 is 2.08 bits per heavy atom. The van der Waals surface area contributed by atoms with E-state index in [9.17, 15) is 25.2 Å². The number of carboxylic acid groups (broad SMARTS) is 1. The Morgan fingerprint density at radius 1 is 1.42 bits per heavy atom. The van der Waals surface area contributed by atoms with E-state index in [1.54, 1.807) is 0 Å². The molecule has 0 aromatic rings. The Labute approximate surface area is 154 Å². The lowest BCUT2D eigenvalue weighted by Gasteiger charge is -2.56. The van der Waals surface area contributed by atoms with E-state index in [4.69, 9.17) is 5.11 Å². The molecule has 26 heavy (non-hydrogen) atoms. The number of aliphatic hydroxyl groups excluding tert-OH is 4. The minimum Gasteiger partial charge on any atom is -0.478 e. The van der Waals surface area contributed by atoms with Crippen LogP contribution in [0.5, 0.6) is 0 Å². The summed E-state index contributed by atoms with van der Waals surface area (Å²) in [6.07, 6.45) is 1.70. The number of carboxylic acids is 1. The fourth-order valence-electron chi connectivity index (χ4n) is 5.24. The topological polar surface area (TPSA) is 118 Å². The van der Waals surface area contributed by atoms with Crippen molar-refractivity contribution in [1.29, 1.82) is 0 Å². The van der Waals surface area contributed by atoms with Crippen molar-refractivity contribution in [3.8, 4) is 0 Å². The first-order chi connectivity index (χ1) is 12.2. The maximum Gasteiger partial charge on any atom is 0.333 e. The Bertz CT molecular complexity index is 571. The molecule has 0 aliphatic heterocycles. The second-order valence-corrected chi connectivity index (χ2v) is 8.28. The summed E-state index contributed by atoms with van der Waals surface area (Å²) in [7, 11) is 0. The molecular formula is C20H32O6. The van der Waals surface area contributed by atoms with Crippen LogP contribution in [-0.2, 0) is 4.79 Å². The van der Waals surface area contributed by atoms with E-state index in [1.807, 2.05) is 6.92 Å². The fraction of sp³-hybridized carbons (Fsp3) is 0.750. The minimum atomic E-state index is -1.24. The van der Waals surface area contributed by atoms with E-state index in [2.05, 4.69) is 13.5 Å². The van der Waals surface area contributed by atoms with Crippen LogP contribution in [0.1, 0.15) is 39.5 Å². The number of carbonyl (C=O) groups is 1. The van der Waals surface area contributed by atoms with Crippen molar-refractivity contribution < 1.29 is 30.3 Å². The second-order valence-electron chi connectivity index (χ2n) is 8.28. The molecule has 2 saturated carbocycles. The van der Waals surface area contributed by atoms with Gasteiger partial charge in [-0.3, -0.25) is 0 Å². The van der Waals surface area contributed by atoms with Crippen molar-refractivity contribution in [3.05, 3.63) is 23.8 Å². The van der Waals surface area contributed by atoms with Crippen LogP contribution in [0, 0.1) is 29.1 Å². The first kappa shape index (κ1) is 21.1. The SMILES string of the molecule is C=C1CCC2C(C1CC(O)/C(=C\CO)C(=O)O)[C@@H](C)CC(O)C2(C)CO. The van der Waals surface area contributed by atoms with E-state index >= 15 is 0 Å². The van der Waals surface area contributed by atoms with Gasteiger partial charge < -0.3 is 25.5 Å². The van der Waals surface area contributed by atoms with Crippen LogP contribution in [0.4, 0.5) is 0 Å². The predicted molar refractivity (Wildman–Crippen MR) is 97.3 cm³/mol. The summed E-state index contributed by atoms with van der Waals surface area (Å²) in [5.74, 6) is -0.936. The van der Waals surface area contributed by atoms with E-state index in [1.165, 1.54) is 0 Å². The molecule has 6 heteroatoms. The molecule has 0 amide bonds. The molecule has 0 spiro atoms. The molecule has 0 bridgehead atoms. The van der Waals surface area contributed by atoms with Gasteiger partial charge in [0.1, 0.15) is 0 Å². The zero-order valence-corrected chi connectivity index (χ0v) is 15.6. The molecule has 2 aliphatic rings. The summed E-state index contributed by atoms with van der Waals surface area (Å²) in [6, 6.07) is 0. The average molecular weight is 368 g/mol. The highest BCUT2D eigenvalue weighted by atomic mass is 16.4.